The third-order valence-corrected chi connectivity index (χ3v) is 4.79. The summed E-state index contributed by atoms with van der Waals surface area (Å²) in [5.41, 5.74) is -0.245. The highest BCUT2D eigenvalue weighted by Gasteiger charge is 2.32. The van der Waals surface area contributed by atoms with E-state index in [2.05, 4.69) is 5.32 Å². The van der Waals surface area contributed by atoms with Gasteiger partial charge in [0, 0.05) is 18.1 Å². The lowest BCUT2D eigenvalue weighted by atomic mass is 9.86. The van der Waals surface area contributed by atoms with Gasteiger partial charge in [-0.2, -0.15) is 13.2 Å². The molecular formula is C22H19ClF3NO. The van der Waals surface area contributed by atoms with Crippen molar-refractivity contribution in [1.29, 1.82) is 0 Å². The van der Waals surface area contributed by atoms with E-state index < -0.39 is 17.3 Å². The van der Waals surface area contributed by atoms with E-state index in [1.54, 1.807) is 42.5 Å². The fourth-order valence-corrected chi connectivity index (χ4v) is 3.18. The zero-order valence-corrected chi connectivity index (χ0v) is 15.6. The van der Waals surface area contributed by atoms with E-state index in [4.69, 9.17) is 11.6 Å². The first-order chi connectivity index (χ1) is 13.3. The maximum absolute atomic E-state index is 12.9. The first-order valence-electron chi connectivity index (χ1n) is 8.70. The van der Waals surface area contributed by atoms with Crippen LogP contribution in [0.4, 0.5) is 13.2 Å². The van der Waals surface area contributed by atoms with Crippen molar-refractivity contribution >= 4 is 11.6 Å². The molecular weight excluding hydrogens is 387 g/mol. The Bertz CT molecular complexity index is 913. The molecule has 0 radical (unpaired) electrons. The molecule has 146 valence electrons. The largest absolute Gasteiger partial charge is 0.416 e. The van der Waals surface area contributed by atoms with Crippen LogP contribution < -0.4 is 5.32 Å². The highest BCUT2D eigenvalue weighted by atomic mass is 35.5. The van der Waals surface area contributed by atoms with E-state index in [1.165, 1.54) is 6.07 Å². The van der Waals surface area contributed by atoms with Crippen LogP contribution in [0.1, 0.15) is 22.3 Å². The summed E-state index contributed by atoms with van der Waals surface area (Å²) in [6, 6.07) is 21.1. The number of aliphatic hydroxyl groups is 1. The summed E-state index contributed by atoms with van der Waals surface area (Å²) in [5.74, 6) is 0. The van der Waals surface area contributed by atoms with Gasteiger partial charge < -0.3 is 10.4 Å². The van der Waals surface area contributed by atoms with Crippen molar-refractivity contribution in [3.05, 3.63) is 106 Å². The van der Waals surface area contributed by atoms with Crippen LogP contribution in [0.3, 0.4) is 0 Å². The Morgan fingerprint density at radius 1 is 0.786 bits per heavy atom. The van der Waals surface area contributed by atoms with Crippen LogP contribution in [0.25, 0.3) is 0 Å². The van der Waals surface area contributed by atoms with E-state index >= 15 is 0 Å². The van der Waals surface area contributed by atoms with Gasteiger partial charge in [-0.05, 0) is 34.9 Å². The minimum atomic E-state index is -4.38. The Morgan fingerprint density at radius 2 is 1.39 bits per heavy atom. The maximum atomic E-state index is 12.9. The Hall–Kier alpha value is -2.34. The summed E-state index contributed by atoms with van der Waals surface area (Å²) in [5, 5.41) is 15.1. The molecule has 0 amide bonds. The zero-order chi connectivity index (χ0) is 20.2. The van der Waals surface area contributed by atoms with E-state index in [9.17, 15) is 18.3 Å². The van der Waals surface area contributed by atoms with Gasteiger partial charge in [-0.1, -0.05) is 72.3 Å². The van der Waals surface area contributed by atoms with Gasteiger partial charge in [0.05, 0.1) is 5.56 Å². The first-order valence-corrected chi connectivity index (χ1v) is 9.08. The van der Waals surface area contributed by atoms with Gasteiger partial charge in [0.25, 0.3) is 0 Å². The molecule has 3 aromatic carbocycles. The van der Waals surface area contributed by atoms with E-state index in [-0.39, 0.29) is 13.1 Å². The van der Waals surface area contributed by atoms with Crippen molar-refractivity contribution in [1.82, 2.24) is 5.32 Å². The molecule has 0 bridgehead atoms. The molecule has 2 nitrogen and oxygen atoms in total. The molecule has 0 saturated carbocycles. The van der Waals surface area contributed by atoms with Crippen molar-refractivity contribution in [2.24, 2.45) is 0 Å². The van der Waals surface area contributed by atoms with Gasteiger partial charge in [0.15, 0.2) is 0 Å². The number of nitrogens with one attached hydrogen (secondary N) is 1. The van der Waals surface area contributed by atoms with E-state index in [0.717, 1.165) is 12.1 Å². The van der Waals surface area contributed by atoms with Crippen LogP contribution in [0.15, 0.2) is 78.9 Å². The average Bonchev–Trinajstić information content (AvgIpc) is 2.68. The van der Waals surface area contributed by atoms with Gasteiger partial charge in [0.2, 0.25) is 0 Å². The highest BCUT2D eigenvalue weighted by Crippen LogP contribution is 2.31. The molecule has 3 aromatic rings. The lowest BCUT2D eigenvalue weighted by Crippen LogP contribution is -2.39. The Morgan fingerprint density at radius 3 is 2.04 bits per heavy atom. The Balaban J connectivity index is 1.81. The lowest BCUT2D eigenvalue weighted by Gasteiger charge is -2.30. The summed E-state index contributed by atoms with van der Waals surface area (Å²) >= 11 is 5.95. The first kappa shape index (κ1) is 20.4. The van der Waals surface area contributed by atoms with Gasteiger partial charge in [-0.15, -0.1) is 0 Å². The molecule has 0 aliphatic rings. The number of hydrogen-bond acceptors (Lipinski definition) is 2. The molecule has 28 heavy (non-hydrogen) atoms. The van der Waals surface area contributed by atoms with Gasteiger partial charge >= 0.3 is 6.18 Å². The third-order valence-electron chi connectivity index (χ3n) is 4.54. The number of halogens is 4. The lowest BCUT2D eigenvalue weighted by molar-refractivity contribution is -0.137. The van der Waals surface area contributed by atoms with Crippen LogP contribution in [-0.2, 0) is 18.3 Å². The molecule has 1 atom stereocenters. The van der Waals surface area contributed by atoms with Crippen LogP contribution in [0, 0.1) is 0 Å². The fraction of sp³-hybridized carbons (Fsp3) is 0.182. The standard InChI is InChI=1S/C22H19ClF3NO/c23-20-11-9-18(10-12-20)21(28,17-6-2-1-3-7-17)15-27-14-16-5-4-8-19(13-16)22(24,25)26/h1-13,27-28H,14-15H2. The molecule has 3 rings (SSSR count). The summed E-state index contributed by atoms with van der Waals surface area (Å²) in [6.45, 7) is 0.307. The maximum Gasteiger partial charge on any atom is 0.416 e. The molecule has 0 aromatic heterocycles. The van der Waals surface area contributed by atoms with Crippen LogP contribution in [0.5, 0.6) is 0 Å². The van der Waals surface area contributed by atoms with Crippen molar-refractivity contribution in [2.75, 3.05) is 6.54 Å². The Kier molecular flexibility index (Phi) is 6.08. The molecule has 0 heterocycles. The predicted octanol–water partition coefficient (Wildman–Crippen LogP) is 5.38. The number of alkyl halides is 3. The minimum absolute atomic E-state index is 0.120. The normalized spacial score (nSPS) is 13.9. The molecule has 0 aliphatic carbocycles. The summed E-state index contributed by atoms with van der Waals surface area (Å²) in [7, 11) is 0. The number of benzene rings is 3. The SMILES string of the molecule is OC(CNCc1cccc(C(F)(F)F)c1)(c1ccccc1)c1ccc(Cl)cc1. The van der Waals surface area contributed by atoms with Crippen molar-refractivity contribution in [3.63, 3.8) is 0 Å². The quantitative estimate of drug-likeness (QED) is 0.576. The second-order valence-electron chi connectivity index (χ2n) is 6.53. The predicted molar refractivity (Wildman–Crippen MR) is 104 cm³/mol. The van der Waals surface area contributed by atoms with Gasteiger partial charge in [-0.3, -0.25) is 0 Å². The highest BCUT2D eigenvalue weighted by molar-refractivity contribution is 6.30. The van der Waals surface area contributed by atoms with E-state index in [1.807, 2.05) is 18.2 Å². The van der Waals surface area contributed by atoms with Gasteiger partial charge in [-0.25, -0.2) is 0 Å². The fourth-order valence-electron chi connectivity index (χ4n) is 3.06. The average molecular weight is 406 g/mol. The number of hydrogen-bond donors (Lipinski definition) is 2. The van der Waals surface area contributed by atoms with Gasteiger partial charge in [0.1, 0.15) is 5.60 Å². The molecule has 2 N–H and O–H groups in total. The molecule has 0 fully saturated rings. The molecule has 0 spiro atoms. The molecule has 0 aliphatic heterocycles. The van der Waals surface area contributed by atoms with Crippen LogP contribution in [-0.4, -0.2) is 11.7 Å². The zero-order valence-electron chi connectivity index (χ0n) is 14.9. The minimum Gasteiger partial charge on any atom is -0.379 e. The van der Waals surface area contributed by atoms with E-state index in [0.29, 0.717) is 21.7 Å². The number of rotatable bonds is 6. The Labute approximate surface area is 166 Å². The monoisotopic (exact) mass is 405 g/mol. The smallest absolute Gasteiger partial charge is 0.379 e. The van der Waals surface area contributed by atoms with Crippen molar-refractivity contribution in [3.8, 4) is 0 Å². The molecule has 1 unspecified atom stereocenters. The topological polar surface area (TPSA) is 32.3 Å². The summed E-state index contributed by atoms with van der Waals surface area (Å²) in [4.78, 5) is 0. The second kappa shape index (κ2) is 8.35. The van der Waals surface area contributed by atoms with Crippen molar-refractivity contribution in [2.45, 2.75) is 18.3 Å². The molecule has 6 heteroatoms. The summed E-state index contributed by atoms with van der Waals surface area (Å²) < 4.78 is 38.7. The molecule has 0 saturated heterocycles. The van der Waals surface area contributed by atoms with Crippen LogP contribution >= 0.6 is 11.6 Å². The van der Waals surface area contributed by atoms with Crippen LogP contribution in [0.2, 0.25) is 5.02 Å². The second-order valence-corrected chi connectivity index (χ2v) is 6.97. The third kappa shape index (κ3) is 4.73. The summed E-state index contributed by atoms with van der Waals surface area (Å²) in [6.07, 6.45) is -4.38. The van der Waals surface area contributed by atoms with Crippen molar-refractivity contribution < 1.29 is 18.3 Å².